The van der Waals surface area contributed by atoms with Gasteiger partial charge < -0.3 is 5.32 Å². The molecule has 2 rings (SSSR count). The van der Waals surface area contributed by atoms with Crippen LogP contribution in [0, 0.1) is 13.8 Å². The Bertz CT molecular complexity index is 535. The van der Waals surface area contributed by atoms with E-state index in [1.807, 2.05) is 19.9 Å². The van der Waals surface area contributed by atoms with Gasteiger partial charge in [-0.2, -0.15) is 5.10 Å². The topological polar surface area (TPSA) is 72.7 Å². The Morgan fingerprint density at radius 3 is 2.83 bits per heavy atom. The lowest BCUT2D eigenvalue weighted by molar-refractivity contribution is -0.116. The van der Waals surface area contributed by atoms with Crippen molar-refractivity contribution in [2.45, 2.75) is 26.8 Å². The molecule has 6 heteroatoms. The molecule has 0 aliphatic carbocycles. The number of carbonyl (C=O) groups is 1. The highest BCUT2D eigenvalue weighted by atomic mass is 16.1. The number of aromatic nitrogens is 4. The number of amides is 1. The average molecular weight is 245 g/mol. The molecule has 2 aromatic heterocycles. The highest BCUT2D eigenvalue weighted by Crippen LogP contribution is 2.02. The molecule has 0 atom stereocenters. The molecule has 0 aliphatic heterocycles. The fourth-order valence-corrected chi connectivity index (χ4v) is 1.62. The maximum absolute atomic E-state index is 11.7. The van der Waals surface area contributed by atoms with E-state index in [9.17, 15) is 4.79 Å². The summed E-state index contributed by atoms with van der Waals surface area (Å²) in [5.74, 6) is 2.02. The van der Waals surface area contributed by atoms with Crippen molar-refractivity contribution < 1.29 is 4.79 Å². The van der Waals surface area contributed by atoms with Crippen molar-refractivity contribution in [2.75, 3.05) is 5.32 Å². The molecule has 0 radical (unpaired) electrons. The van der Waals surface area contributed by atoms with Gasteiger partial charge in [0.1, 0.15) is 17.5 Å². The first kappa shape index (κ1) is 12.2. The van der Waals surface area contributed by atoms with E-state index in [1.54, 1.807) is 23.0 Å². The molecule has 0 fully saturated rings. The molecule has 18 heavy (non-hydrogen) atoms. The summed E-state index contributed by atoms with van der Waals surface area (Å²) in [5.41, 5.74) is 0. The minimum absolute atomic E-state index is 0.0822. The van der Waals surface area contributed by atoms with Gasteiger partial charge in [-0.3, -0.25) is 4.79 Å². The van der Waals surface area contributed by atoms with Crippen molar-refractivity contribution >= 4 is 11.7 Å². The van der Waals surface area contributed by atoms with Gasteiger partial charge in [0.2, 0.25) is 5.91 Å². The Balaban J connectivity index is 1.87. The van der Waals surface area contributed by atoms with Crippen LogP contribution in [0.1, 0.15) is 18.1 Å². The SMILES string of the molecule is Cc1nc(C)n(CCC(=O)Nc2ccccn2)n1. The second-order valence-corrected chi connectivity index (χ2v) is 3.94. The summed E-state index contributed by atoms with van der Waals surface area (Å²) in [6.45, 7) is 4.22. The van der Waals surface area contributed by atoms with E-state index < -0.39 is 0 Å². The molecule has 0 spiro atoms. The molecule has 0 bridgehead atoms. The molecule has 0 saturated carbocycles. The molecule has 1 N–H and O–H groups in total. The third-order valence-electron chi connectivity index (χ3n) is 2.45. The smallest absolute Gasteiger partial charge is 0.227 e. The zero-order chi connectivity index (χ0) is 13.0. The normalized spacial score (nSPS) is 10.3. The molecule has 2 aromatic rings. The van der Waals surface area contributed by atoms with Crippen LogP contribution >= 0.6 is 0 Å². The summed E-state index contributed by atoms with van der Waals surface area (Å²) in [7, 11) is 0. The van der Waals surface area contributed by atoms with E-state index in [0.29, 0.717) is 18.8 Å². The van der Waals surface area contributed by atoms with Crippen LogP contribution in [-0.2, 0) is 11.3 Å². The highest BCUT2D eigenvalue weighted by Gasteiger charge is 2.06. The number of aryl methyl sites for hydroxylation is 3. The Morgan fingerprint density at radius 1 is 1.39 bits per heavy atom. The van der Waals surface area contributed by atoms with Crippen molar-refractivity contribution in [3.05, 3.63) is 36.0 Å². The minimum atomic E-state index is -0.0822. The number of carbonyl (C=O) groups excluding carboxylic acids is 1. The van der Waals surface area contributed by atoms with Crippen LogP contribution in [0.3, 0.4) is 0 Å². The number of pyridine rings is 1. The van der Waals surface area contributed by atoms with Crippen LogP contribution in [0.2, 0.25) is 0 Å². The summed E-state index contributed by atoms with van der Waals surface area (Å²) in [5, 5.41) is 6.93. The van der Waals surface area contributed by atoms with Crippen LogP contribution in [-0.4, -0.2) is 25.7 Å². The number of nitrogens with one attached hydrogen (secondary N) is 1. The van der Waals surface area contributed by atoms with E-state index in [-0.39, 0.29) is 5.91 Å². The van der Waals surface area contributed by atoms with Crippen molar-refractivity contribution in [3.8, 4) is 0 Å². The predicted molar refractivity (Wildman–Crippen MR) is 67.0 cm³/mol. The van der Waals surface area contributed by atoms with Crippen LogP contribution in [0.5, 0.6) is 0 Å². The molecule has 2 heterocycles. The van der Waals surface area contributed by atoms with Crippen LogP contribution in [0.25, 0.3) is 0 Å². The molecule has 1 amide bonds. The summed E-state index contributed by atoms with van der Waals surface area (Å²) in [6, 6.07) is 5.38. The van der Waals surface area contributed by atoms with Crippen LogP contribution in [0.4, 0.5) is 5.82 Å². The van der Waals surface area contributed by atoms with Crippen LogP contribution in [0.15, 0.2) is 24.4 Å². The summed E-state index contributed by atoms with van der Waals surface area (Å²) < 4.78 is 1.73. The van der Waals surface area contributed by atoms with E-state index >= 15 is 0 Å². The van der Waals surface area contributed by atoms with Crippen LogP contribution < -0.4 is 5.32 Å². The Labute approximate surface area is 105 Å². The van der Waals surface area contributed by atoms with E-state index in [1.165, 1.54) is 0 Å². The van der Waals surface area contributed by atoms with E-state index in [2.05, 4.69) is 20.4 Å². The van der Waals surface area contributed by atoms with Gasteiger partial charge >= 0.3 is 0 Å². The number of hydrogen-bond donors (Lipinski definition) is 1. The van der Waals surface area contributed by atoms with Gasteiger partial charge in [0, 0.05) is 12.6 Å². The van der Waals surface area contributed by atoms with Gasteiger partial charge in [0.05, 0.1) is 6.54 Å². The monoisotopic (exact) mass is 245 g/mol. The molecule has 0 saturated heterocycles. The van der Waals surface area contributed by atoms with Gasteiger partial charge in [0.15, 0.2) is 0 Å². The van der Waals surface area contributed by atoms with Gasteiger partial charge in [-0.05, 0) is 26.0 Å². The lowest BCUT2D eigenvalue weighted by atomic mass is 10.4. The third kappa shape index (κ3) is 3.13. The average Bonchev–Trinajstić information content (AvgIpc) is 2.66. The summed E-state index contributed by atoms with van der Waals surface area (Å²) in [4.78, 5) is 19.9. The molecular weight excluding hydrogens is 230 g/mol. The fraction of sp³-hybridized carbons (Fsp3) is 0.333. The highest BCUT2D eigenvalue weighted by molar-refractivity contribution is 5.89. The van der Waals surface area contributed by atoms with E-state index in [0.717, 1.165) is 11.6 Å². The second-order valence-electron chi connectivity index (χ2n) is 3.94. The first-order chi connectivity index (χ1) is 8.65. The zero-order valence-corrected chi connectivity index (χ0v) is 10.4. The third-order valence-corrected chi connectivity index (χ3v) is 2.45. The largest absolute Gasteiger partial charge is 0.311 e. The summed E-state index contributed by atoms with van der Waals surface area (Å²) >= 11 is 0. The second kappa shape index (κ2) is 5.39. The van der Waals surface area contributed by atoms with Gasteiger partial charge in [-0.1, -0.05) is 6.07 Å². The molecule has 0 aliphatic rings. The van der Waals surface area contributed by atoms with E-state index in [4.69, 9.17) is 0 Å². The summed E-state index contributed by atoms with van der Waals surface area (Å²) in [6.07, 6.45) is 1.99. The molecule has 0 unspecified atom stereocenters. The maximum atomic E-state index is 11.7. The van der Waals surface area contributed by atoms with Crippen molar-refractivity contribution in [1.29, 1.82) is 0 Å². The molecule has 6 nitrogen and oxygen atoms in total. The fourth-order valence-electron chi connectivity index (χ4n) is 1.62. The predicted octanol–water partition coefficient (Wildman–Crippen LogP) is 1.32. The Hall–Kier alpha value is -2.24. The van der Waals surface area contributed by atoms with Gasteiger partial charge in [-0.25, -0.2) is 14.6 Å². The first-order valence-electron chi connectivity index (χ1n) is 5.74. The number of nitrogens with zero attached hydrogens (tertiary/aromatic N) is 4. The number of rotatable bonds is 4. The standard InChI is InChI=1S/C12H15N5O/c1-9-14-10(2)17(16-9)8-6-12(18)15-11-5-3-4-7-13-11/h3-5,7H,6,8H2,1-2H3,(H,13,15,18). The van der Waals surface area contributed by atoms with Crippen molar-refractivity contribution in [1.82, 2.24) is 19.7 Å². The molecular formula is C12H15N5O. The quantitative estimate of drug-likeness (QED) is 0.881. The Kier molecular flexibility index (Phi) is 3.66. The van der Waals surface area contributed by atoms with Crippen molar-refractivity contribution in [3.63, 3.8) is 0 Å². The van der Waals surface area contributed by atoms with Crippen molar-refractivity contribution in [2.24, 2.45) is 0 Å². The molecule has 0 aromatic carbocycles. The minimum Gasteiger partial charge on any atom is -0.311 e. The number of hydrogen-bond acceptors (Lipinski definition) is 4. The van der Waals surface area contributed by atoms with Gasteiger partial charge in [-0.15, -0.1) is 0 Å². The Morgan fingerprint density at radius 2 is 2.22 bits per heavy atom. The first-order valence-corrected chi connectivity index (χ1v) is 5.74. The maximum Gasteiger partial charge on any atom is 0.227 e. The molecule has 94 valence electrons. The lowest BCUT2D eigenvalue weighted by Gasteiger charge is -2.04. The van der Waals surface area contributed by atoms with Gasteiger partial charge in [0.25, 0.3) is 0 Å². The zero-order valence-electron chi connectivity index (χ0n) is 10.4. The number of anilines is 1. The lowest BCUT2D eigenvalue weighted by Crippen LogP contribution is -2.16.